The zero-order valence-corrected chi connectivity index (χ0v) is 13.7. The molecule has 2 aliphatic heterocycles. The van der Waals surface area contributed by atoms with E-state index in [1.54, 1.807) is 11.3 Å². The van der Waals surface area contributed by atoms with E-state index in [0.29, 0.717) is 0 Å². The van der Waals surface area contributed by atoms with Crippen molar-refractivity contribution in [2.75, 3.05) is 31.9 Å². The van der Waals surface area contributed by atoms with Crippen LogP contribution in [0.25, 0.3) is 0 Å². The number of hydrogen-bond donors (Lipinski definition) is 1. The molecule has 0 radical (unpaired) electrons. The summed E-state index contributed by atoms with van der Waals surface area (Å²) in [5.74, 6) is 0.175. The van der Waals surface area contributed by atoms with Crippen LogP contribution in [-0.2, 0) is 13.0 Å². The first-order chi connectivity index (χ1) is 10.2. The molecule has 1 aromatic heterocycles. The summed E-state index contributed by atoms with van der Waals surface area (Å²) in [7, 11) is 0. The second kappa shape index (κ2) is 6.36. The van der Waals surface area contributed by atoms with Crippen LogP contribution < -0.4 is 5.73 Å². The van der Waals surface area contributed by atoms with Gasteiger partial charge in [0.05, 0.1) is 10.6 Å². The van der Waals surface area contributed by atoms with Crippen LogP contribution in [-0.4, -0.2) is 41.9 Å². The second-order valence-electron chi connectivity index (χ2n) is 6.12. The number of nitrogen functional groups attached to an aromatic ring is 1. The highest BCUT2D eigenvalue weighted by atomic mass is 32.1. The van der Waals surface area contributed by atoms with Crippen molar-refractivity contribution in [3.63, 3.8) is 0 Å². The van der Waals surface area contributed by atoms with E-state index >= 15 is 0 Å². The Balaban J connectivity index is 1.82. The molecule has 0 atom stereocenters. The first-order valence-corrected chi connectivity index (χ1v) is 8.94. The number of nitrogens with two attached hydrogens (primary N) is 1. The third-order valence-corrected chi connectivity index (χ3v) is 5.61. The van der Waals surface area contributed by atoms with E-state index in [0.717, 1.165) is 62.6 Å². The Hall–Kier alpha value is -1.07. The fraction of sp³-hybridized carbons (Fsp3) is 0.688. The van der Waals surface area contributed by atoms with E-state index in [1.165, 1.54) is 23.3 Å². The van der Waals surface area contributed by atoms with Gasteiger partial charge >= 0.3 is 0 Å². The van der Waals surface area contributed by atoms with Crippen molar-refractivity contribution in [3.05, 3.63) is 16.0 Å². The van der Waals surface area contributed by atoms with Crippen LogP contribution in [0.3, 0.4) is 0 Å². The molecule has 1 amide bonds. The van der Waals surface area contributed by atoms with Crippen LogP contribution in [0, 0.1) is 0 Å². The Morgan fingerprint density at radius 1 is 1.24 bits per heavy atom. The number of carbonyl (C=O) groups excluding carboxylic acids is 1. The number of nitrogens with zero attached hydrogens (tertiary/aromatic N) is 2. The molecule has 1 aromatic rings. The summed E-state index contributed by atoms with van der Waals surface area (Å²) in [5.41, 5.74) is 8.26. The molecule has 0 bridgehead atoms. The van der Waals surface area contributed by atoms with Crippen molar-refractivity contribution < 1.29 is 4.79 Å². The van der Waals surface area contributed by atoms with Crippen molar-refractivity contribution in [3.8, 4) is 0 Å². The van der Waals surface area contributed by atoms with Gasteiger partial charge in [-0.25, -0.2) is 0 Å². The minimum absolute atomic E-state index is 0.175. The summed E-state index contributed by atoms with van der Waals surface area (Å²) in [6.07, 6.45) is 5.64. The fourth-order valence-electron chi connectivity index (χ4n) is 3.47. The predicted molar refractivity (Wildman–Crippen MR) is 87.8 cm³/mol. The molecule has 1 fully saturated rings. The van der Waals surface area contributed by atoms with Gasteiger partial charge in [-0.1, -0.05) is 6.92 Å². The molecule has 1 saturated heterocycles. The Bertz CT molecular complexity index is 520. The lowest BCUT2D eigenvalue weighted by Gasteiger charge is -2.29. The van der Waals surface area contributed by atoms with Crippen molar-refractivity contribution in [2.24, 2.45) is 0 Å². The van der Waals surface area contributed by atoms with Crippen LogP contribution >= 0.6 is 11.3 Å². The van der Waals surface area contributed by atoms with E-state index in [4.69, 9.17) is 5.73 Å². The molecular weight excluding hydrogens is 282 g/mol. The molecule has 5 heteroatoms. The summed E-state index contributed by atoms with van der Waals surface area (Å²) < 4.78 is 0. The maximum atomic E-state index is 12.8. The summed E-state index contributed by atoms with van der Waals surface area (Å²) >= 11 is 1.63. The number of anilines is 1. The minimum Gasteiger partial charge on any atom is -0.390 e. The van der Waals surface area contributed by atoms with Crippen LogP contribution in [0.1, 0.15) is 53.4 Å². The van der Waals surface area contributed by atoms with Gasteiger partial charge in [0.1, 0.15) is 0 Å². The van der Waals surface area contributed by atoms with Crippen molar-refractivity contribution in [2.45, 2.75) is 45.6 Å². The summed E-state index contributed by atoms with van der Waals surface area (Å²) in [6.45, 7) is 7.15. The normalized spacial score (nSPS) is 19.6. The Labute approximate surface area is 130 Å². The maximum absolute atomic E-state index is 12.8. The Morgan fingerprint density at radius 2 is 2.00 bits per heavy atom. The van der Waals surface area contributed by atoms with E-state index < -0.39 is 0 Å². The summed E-state index contributed by atoms with van der Waals surface area (Å²) in [5, 5.41) is 0.730. The molecule has 0 saturated carbocycles. The highest BCUT2D eigenvalue weighted by Crippen LogP contribution is 2.36. The molecule has 4 nitrogen and oxygen atoms in total. The molecule has 0 aliphatic carbocycles. The number of likely N-dealkylation sites (tertiary alicyclic amines) is 1. The lowest BCUT2D eigenvalue weighted by molar-refractivity contribution is 0.0724. The molecule has 0 spiro atoms. The molecule has 0 unspecified atom stereocenters. The van der Waals surface area contributed by atoms with Gasteiger partial charge in [-0.3, -0.25) is 9.69 Å². The number of amides is 1. The predicted octanol–water partition coefficient (Wildman–Crippen LogP) is 2.72. The number of thiophene rings is 1. The van der Waals surface area contributed by atoms with E-state index in [9.17, 15) is 4.79 Å². The number of piperidine rings is 1. The first-order valence-electron chi connectivity index (χ1n) is 8.12. The van der Waals surface area contributed by atoms with Crippen LogP contribution in [0.4, 0.5) is 5.00 Å². The van der Waals surface area contributed by atoms with Gasteiger partial charge in [-0.15, -0.1) is 11.3 Å². The number of hydrogen-bond acceptors (Lipinski definition) is 4. The average molecular weight is 307 g/mol. The number of carbonyl (C=O) groups is 1. The topological polar surface area (TPSA) is 49.6 Å². The van der Waals surface area contributed by atoms with Gasteiger partial charge in [0, 0.05) is 31.1 Å². The lowest BCUT2D eigenvalue weighted by Crippen LogP contribution is -2.37. The third kappa shape index (κ3) is 2.94. The second-order valence-corrected chi connectivity index (χ2v) is 7.26. The van der Waals surface area contributed by atoms with Gasteiger partial charge in [0.25, 0.3) is 5.91 Å². The number of fused-ring (bicyclic) bond motifs is 1. The largest absolute Gasteiger partial charge is 0.390 e. The molecule has 0 aromatic carbocycles. The monoisotopic (exact) mass is 307 g/mol. The highest BCUT2D eigenvalue weighted by Gasteiger charge is 2.29. The van der Waals surface area contributed by atoms with Gasteiger partial charge in [-0.05, 0) is 44.2 Å². The van der Waals surface area contributed by atoms with Gasteiger partial charge in [-0.2, -0.15) is 0 Å². The van der Waals surface area contributed by atoms with Crippen molar-refractivity contribution in [1.82, 2.24) is 9.80 Å². The molecule has 21 heavy (non-hydrogen) atoms. The Kier molecular flexibility index (Phi) is 4.50. The zero-order chi connectivity index (χ0) is 14.8. The smallest absolute Gasteiger partial charge is 0.257 e. The molecule has 2 aliphatic rings. The molecule has 116 valence electrons. The molecule has 2 N–H and O–H groups in total. The van der Waals surface area contributed by atoms with Crippen LogP contribution in [0.5, 0.6) is 0 Å². The zero-order valence-electron chi connectivity index (χ0n) is 12.9. The quantitative estimate of drug-likeness (QED) is 0.934. The van der Waals surface area contributed by atoms with Crippen molar-refractivity contribution >= 4 is 22.2 Å². The summed E-state index contributed by atoms with van der Waals surface area (Å²) in [4.78, 5) is 18.6. The maximum Gasteiger partial charge on any atom is 0.257 e. The SMILES string of the molecule is CCCN1CCc2c(sc(N)c2C(=O)N2CCCCC2)C1. The highest BCUT2D eigenvalue weighted by molar-refractivity contribution is 7.16. The average Bonchev–Trinajstić information content (AvgIpc) is 2.83. The van der Waals surface area contributed by atoms with E-state index in [1.807, 2.05) is 4.90 Å². The standard InChI is InChI=1S/C16H25N3OS/c1-2-7-18-10-6-12-13(11-18)21-15(17)14(12)16(20)19-8-4-3-5-9-19/h2-11,17H2,1H3. The third-order valence-electron chi connectivity index (χ3n) is 4.56. The molecule has 3 heterocycles. The van der Waals surface area contributed by atoms with Gasteiger partial charge in [0.2, 0.25) is 0 Å². The summed E-state index contributed by atoms with van der Waals surface area (Å²) in [6, 6.07) is 0. The lowest BCUT2D eigenvalue weighted by atomic mass is 10.0. The van der Waals surface area contributed by atoms with E-state index in [-0.39, 0.29) is 5.91 Å². The first kappa shape index (κ1) is 14.9. The Morgan fingerprint density at radius 3 is 2.71 bits per heavy atom. The van der Waals surface area contributed by atoms with Crippen molar-refractivity contribution in [1.29, 1.82) is 0 Å². The van der Waals surface area contributed by atoms with E-state index in [2.05, 4.69) is 11.8 Å². The molecule has 3 rings (SSSR count). The fourth-order valence-corrected chi connectivity index (χ4v) is 4.63. The number of rotatable bonds is 3. The van der Waals surface area contributed by atoms with Gasteiger partial charge < -0.3 is 10.6 Å². The minimum atomic E-state index is 0.175. The van der Waals surface area contributed by atoms with Crippen LogP contribution in [0.2, 0.25) is 0 Å². The van der Waals surface area contributed by atoms with Crippen LogP contribution in [0.15, 0.2) is 0 Å². The van der Waals surface area contributed by atoms with Gasteiger partial charge in [0.15, 0.2) is 0 Å². The molecular formula is C16H25N3OS.